The predicted octanol–water partition coefficient (Wildman–Crippen LogP) is 1.77. The van der Waals surface area contributed by atoms with Crippen LogP contribution in [-0.4, -0.2) is 14.8 Å². The molecule has 0 saturated heterocycles. The molecule has 0 saturated carbocycles. The summed E-state index contributed by atoms with van der Waals surface area (Å²) in [5, 5.41) is 10.4. The smallest absolute Gasteiger partial charge is 0.183 e. The molecule has 5 nitrogen and oxygen atoms in total. The Balaban J connectivity index is 2.18. The molecule has 0 unspecified atom stereocenters. The first-order valence-electron chi connectivity index (χ1n) is 5.47. The van der Waals surface area contributed by atoms with Crippen LogP contribution in [0.3, 0.4) is 0 Å². The number of nitrogens with two attached hydrogens (primary N) is 1. The molecule has 0 aliphatic carbocycles. The molecule has 2 aromatic rings. The highest BCUT2D eigenvalue weighted by atomic mass is 19.2. The van der Waals surface area contributed by atoms with E-state index in [2.05, 4.69) is 15.5 Å². The predicted molar refractivity (Wildman–Crippen MR) is 63.8 cm³/mol. The van der Waals surface area contributed by atoms with Gasteiger partial charge in [-0.3, -0.25) is 0 Å². The molecule has 1 aromatic heterocycles. The molecule has 7 heteroatoms. The number of nitrogens with zero attached hydrogens (tertiary/aromatic N) is 3. The Kier molecular flexibility index (Phi) is 3.40. The Morgan fingerprint density at radius 1 is 1.39 bits per heavy atom. The summed E-state index contributed by atoms with van der Waals surface area (Å²) in [7, 11) is 0. The van der Waals surface area contributed by atoms with Crippen LogP contribution in [0.2, 0.25) is 0 Å². The molecule has 96 valence electrons. The van der Waals surface area contributed by atoms with Crippen LogP contribution in [0, 0.1) is 11.6 Å². The average Bonchev–Trinajstić information content (AvgIpc) is 2.81. The molecule has 0 atom stereocenters. The minimum Gasteiger partial charge on any atom is -0.397 e. The Morgan fingerprint density at radius 3 is 2.89 bits per heavy atom. The van der Waals surface area contributed by atoms with Gasteiger partial charge in [0.05, 0.1) is 17.9 Å². The fraction of sp³-hybridized carbons (Fsp3) is 0.273. The van der Waals surface area contributed by atoms with Crippen LogP contribution in [0.4, 0.5) is 20.2 Å². The first kappa shape index (κ1) is 12.3. The van der Waals surface area contributed by atoms with Gasteiger partial charge in [0.2, 0.25) is 0 Å². The molecule has 0 bridgehead atoms. The van der Waals surface area contributed by atoms with E-state index in [4.69, 9.17) is 5.73 Å². The third-order valence-electron chi connectivity index (χ3n) is 2.59. The van der Waals surface area contributed by atoms with E-state index < -0.39 is 11.6 Å². The van der Waals surface area contributed by atoms with E-state index in [0.29, 0.717) is 12.4 Å². The van der Waals surface area contributed by atoms with Crippen molar-refractivity contribution in [3.63, 3.8) is 0 Å². The highest BCUT2D eigenvalue weighted by molar-refractivity contribution is 5.66. The zero-order chi connectivity index (χ0) is 13.1. The SMILES string of the molecule is CCn1cnnc1CNc1c(N)ccc(F)c1F. The van der Waals surface area contributed by atoms with Crippen LogP contribution in [0.1, 0.15) is 12.7 Å². The normalized spacial score (nSPS) is 10.6. The molecule has 0 fully saturated rings. The summed E-state index contributed by atoms with van der Waals surface area (Å²) in [6, 6.07) is 2.30. The summed E-state index contributed by atoms with van der Waals surface area (Å²) in [5.41, 5.74) is 5.68. The van der Waals surface area contributed by atoms with Crippen LogP contribution in [-0.2, 0) is 13.1 Å². The second-order valence-electron chi connectivity index (χ2n) is 3.71. The molecular weight excluding hydrogens is 240 g/mol. The van der Waals surface area contributed by atoms with E-state index >= 15 is 0 Å². The number of hydrogen-bond acceptors (Lipinski definition) is 4. The van der Waals surface area contributed by atoms with Gasteiger partial charge in [-0.1, -0.05) is 0 Å². The second kappa shape index (κ2) is 4.99. The third kappa shape index (κ3) is 2.24. The summed E-state index contributed by atoms with van der Waals surface area (Å²) >= 11 is 0. The number of nitrogens with one attached hydrogen (secondary N) is 1. The molecule has 0 spiro atoms. The molecule has 18 heavy (non-hydrogen) atoms. The lowest BCUT2D eigenvalue weighted by molar-refractivity contribution is 0.511. The largest absolute Gasteiger partial charge is 0.397 e. The topological polar surface area (TPSA) is 68.8 Å². The summed E-state index contributed by atoms with van der Waals surface area (Å²) in [6.45, 7) is 2.85. The fourth-order valence-corrected chi connectivity index (χ4v) is 1.59. The Labute approximate surface area is 103 Å². The molecule has 3 N–H and O–H groups in total. The molecule has 1 aromatic carbocycles. The number of halogens is 2. The van der Waals surface area contributed by atoms with Crippen molar-refractivity contribution < 1.29 is 8.78 Å². The van der Waals surface area contributed by atoms with Gasteiger partial charge in [0, 0.05) is 6.54 Å². The maximum absolute atomic E-state index is 13.5. The summed E-state index contributed by atoms with van der Waals surface area (Å²) < 4.78 is 28.4. The quantitative estimate of drug-likeness (QED) is 0.815. The molecule has 1 heterocycles. The first-order valence-corrected chi connectivity index (χ1v) is 5.47. The van der Waals surface area contributed by atoms with Crippen molar-refractivity contribution in [2.24, 2.45) is 0 Å². The van der Waals surface area contributed by atoms with Gasteiger partial charge in [-0.25, -0.2) is 8.78 Å². The van der Waals surface area contributed by atoms with Gasteiger partial charge in [-0.15, -0.1) is 10.2 Å². The third-order valence-corrected chi connectivity index (χ3v) is 2.59. The van der Waals surface area contributed by atoms with Gasteiger partial charge in [0.15, 0.2) is 17.5 Å². The lowest BCUT2D eigenvalue weighted by Gasteiger charge is -2.10. The number of rotatable bonds is 4. The minimum absolute atomic E-state index is 0.0550. The first-order chi connectivity index (χ1) is 8.63. The zero-order valence-electron chi connectivity index (χ0n) is 9.82. The maximum Gasteiger partial charge on any atom is 0.183 e. The van der Waals surface area contributed by atoms with Crippen molar-refractivity contribution in [3.8, 4) is 0 Å². The number of benzene rings is 1. The molecular formula is C11H13F2N5. The molecule has 0 radical (unpaired) electrons. The Bertz CT molecular complexity index is 552. The number of aromatic nitrogens is 3. The lowest BCUT2D eigenvalue weighted by atomic mass is 10.2. The Morgan fingerprint density at radius 2 is 2.17 bits per heavy atom. The summed E-state index contributed by atoms with van der Waals surface area (Å²) in [4.78, 5) is 0. The number of nitrogen functional groups attached to an aromatic ring is 1. The van der Waals surface area contributed by atoms with E-state index in [9.17, 15) is 8.78 Å². The molecule has 0 amide bonds. The number of aryl methyl sites for hydroxylation is 1. The van der Waals surface area contributed by atoms with Gasteiger partial charge < -0.3 is 15.6 Å². The highest BCUT2D eigenvalue weighted by Gasteiger charge is 2.12. The van der Waals surface area contributed by atoms with Crippen molar-refractivity contribution in [3.05, 3.63) is 35.9 Å². The lowest BCUT2D eigenvalue weighted by Crippen LogP contribution is -2.10. The minimum atomic E-state index is -0.988. The number of hydrogen-bond donors (Lipinski definition) is 2. The molecule has 2 rings (SSSR count). The van der Waals surface area contributed by atoms with E-state index in [0.717, 1.165) is 6.07 Å². The van der Waals surface area contributed by atoms with Crippen LogP contribution in [0.5, 0.6) is 0 Å². The van der Waals surface area contributed by atoms with E-state index in [1.54, 1.807) is 10.9 Å². The molecule has 0 aliphatic rings. The fourth-order valence-electron chi connectivity index (χ4n) is 1.59. The van der Waals surface area contributed by atoms with Gasteiger partial charge in [-0.2, -0.15) is 0 Å². The summed E-state index contributed by atoms with van der Waals surface area (Å²) in [6.07, 6.45) is 1.57. The highest BCUT2D eigenvalue weighted by Crippen LogP contribution is 2.24. The van der Waals surface area contributed by atoms with Crippen LogP contribution in [0.15, 0.2) is 18.5 Å². The second-order valence-corrected chi connectivity index (χ2v) is 3.71. The van der Waals surface area contributed by atoms with Crippen molar-refractivity contribution in [2.45, 2.75) is 20.0 Å². The number of anilines is 2. The van der Waals surface area contributed by atoms with Gasteiger partial charge in [-0.05, 0) is 19.1 Å². The van der Waals surface area contributed by atoms with Gasteiger partial charge in [0.25, 0.3) is 0 Å². The van der Waals surface area contributed by atoms with Crippen LogP contribution in [0.25, 0.3) is 0 Å². The van der Waals surface area contributed by atoms with Crippen molar-refractivity contribution in [1.29, 1.82) is 0 Å². The van der Waals surface area contributed by atoms with Gasteiger partial charge >= 0.3 is 0 Å². The van der Waals surface area contributed by atoms with E-state index in [1.807, 2.05) is 6.92 Å². The van der Waals surface area contributed by atoms with Crippen LogP contribution >= 0.6 is 0 Å². The van der Waals surface area contributed by atoms with E-state index in [1.165, 1.54) is 6.07 Å². The summed E-state index contributed by atoms with van der Waals surface area (Å²) in [5.74, 6) is -1.30. The zero-order valence-corrected chi connectivity index (χ0v) is 9.82. The van der Waals surface area contributed by atoms with Crippen molar-refractivity contribution in [2.75, 3.05) is 11.1 Å². The maximum atomic E-state index is 13.5. The van der Waals surface area contributed by atoms with Gasteiger partial charge in [0.1, 0.15) is 6.33 Å². The van der Waals surface area contributed by atoms with Crippen LogP contribution < -0.4 is 11.1 Å². The standard InChI is InChI=1S/C11H13F2N5/c1-2-18-6-16-17-9(18)5-15-11-8(14)4-3-7(12)10(11)13/h3-4,6,15H,2,5,14H2,1H3. The molecule has 0 aliphatic heterocycles. The Hall–Kier alpha value is -2.18. The monoisotopic (exact) mass is 253 g/mol. The van der Waals surface area contributed by atoms with Crippen molar-refractivity contribution in [1.82, 2.24) is 14.8 Å². The van der Waals surface area contributed by atoms with E-state index in [-0.39, 0.29) is 17.9 Å². The van der Waals surface area contributed by atoms with Crippen molar-refractivity contribution >= 4 is 11.4 Å². The average molecular weight is 253 g/mol.